The van der Waals surface area contributed by atoms with Gasteiger partial charge in [-0.1, -0.05) is 0 Å². The van der Waals surface area contributed by atoms with Crippen LogP contribution < -0.4 is 15.4 Å². The number of benzene rings is 1. The van der Waals surface area contributed by atoms with E-state index in [2.05, 4.69) is 10.6 Å². The summed E-state index contributed by atoms with van der Waals surface area (Å²) in [5.41, 5.74) is 0.790. The molecule has 1 aliphatic heterocycles. The van der Waals surface area contributed by atoms with E-state index in [4.69, 9.17) is 4.74 Å². The highest BCUT2D eigenvalue weighted by molar-refractivity contribution is 5.78. The van der Waals surface area contributed by atoms with Gasteiger partial charge < -0.3 is 20.5 Å². The van der Waals surface area contributed by atoms with Crippen LogP contribution in [-0.2, 0) is 11.3 Å². The average molecular weight is 250 g/mol. The Labute approximate surface area is 106 Å². The van der Waals surface area contributed by atoms with Gasteiger partial charge in [-0.3, -0.25) is 4.79 Å². The van der Waals surface area contributed by atoms with E-state index >= 15 is 0 Å². The van der Waals surface area contributed by atoms with Gasteiger partial charge in [-0.15, -0.1) is 0 Å². The number of amides is 1. The van der Waals surface area contributed by atoms with Crippen molar-refractivity contribution in [3.8, 4) is 11.5 Å². The van der Waals surface area contributed by atoms with Crippen molar-refractivity contribution in [3.05, 3.63) is 23.8 Å². The number of methoxy groups -OCH3 is 1. The van der Waals surface area contributed by atoms with E-state index in [0.717, 1.165) is 17.7 Å². The molecule has 0 saturated carbocycles. The van der Waals surface area contributed by atoms with Crippen molar-refractivity contribution in [1.82, 2.24) is 10.6 Å². The number of aromatic hydroxyl groups is 1. The zero-order valence-corrected chi connectivity index (χ0v) is 10.4. The zero-order valence-electron chi connectivity index (χ0n) is 10.4. The third-order valence-corrected chi connectivity index (χ3v) is 3.08. The first-order chi connectivity index (χ1) is 8.69. The molecule has 1 heterocycles. The van der Waals surface area contributed by atoms with Crippen molar-refractivity contribution in [3.63, 3.8) is 0 Å². The Morgan fingerprint density at radius 1 is 1.56 bits per heavy atom. The van der Waals surface area contributed by atoms with Crippen molar-refractivity contribution >= 4 is 5.91 Å². The number of phenols is 1. The number of hydrogen-bond acceptors (Lipinski definition) is 4. The standard InChI is InChI=1S/C13H18N2O3/c1-18-11-3-4-12(16)9(6-11)7-14-8-10-2-5-13(17)15-10/h3-4,6,10,14,16H,2,5,7-8H2,1H3,(H,15,17). The van der Waals surface area contributed by atoms with Gasteiger partial charge in [0, 0.05) is 31.1 Å². The quantitative estimate of drug-likeness (QED) is 0.722. The normalized spacial score (nSPS) is 18.7. The Balaban J connectivity index is 1.84. The van der Waals surface area contributed by atoms with Crippen LogP contribution in [0.25, 0.3) is 0 Å². The summed E-state index contributed by atoms with van der Waals surface area (Å²) in [5.74, 6) is 1.09. The largest absolute Gasteiger partial charge is 0.508 e. The van der Waals surface area contributed by atoms with Crippen LogP contribution in [0.4, 0.5) is 0 Å². The van der Waals surface area contributed by atoms with Crippen LogP contribution in [-0.4, -0.2) is 30.7 Å². The van der Waals surface area contributed by atoms with Gasteiger partial charge in [-0.2, -0.15) is 0 Å². The molecular weight excluding hydrogens is 232 g/mol. The second kappa shape index (κ2) is 5.73. The van der Waals surface area contributed by atoms with Crippen LogP contribution in [0.15, 0.2) is 18.2 Å². The molecule has 1 aliphatic rings. The molecule has 1 atom stereocenters. The third kappa shape index (κ3) is 3.13. The number of nitrogens with one attached hydrogen (secondary N) is 2. The second-order valence-electron chi connectivity index (χ2n) is 4.43. The fourth-order valence-electron chi connectivity index (χ4n) is 2.04. The summed E-state index contributed by atoms with van der Waals surface area (Å²) in [6.45, 7) is 1.26. The van der Waals surface area contributed by atoms with Gasteiger partial charge in [0.05, 0.1) is 7.11 Å². The van der Waals surface area contributed by atoms with Crippen LogP contribution >= 0.6 is 0 Å². The molecule has 0 aromatic heterocycles. The molecule has 0 spiro atoms. The highest BCUT2D eigenvalue weighted by atomic mass is 16.5. The lowest BCUT2D eigenvalue weighted by Crippen LogP contribution is -2.35. The zero-order chi connectivity index (χ0) is 13.0. The summed E-state index contributed by atoms with van der Waals surface area (Å²) >= 11 is 0. The van der Waals surface area contributed by atoms with Gasteiger partial charge in [-0.25, -0.2) is 0 Å². The second-order valence-corrected chi connectivity index (χ2v) is 4.43. The van der Waals surface area contributed by atoms with Crippen molar-refractivity contribution in [2.24, 2.45) is 0 Å². The molecule has 1 aromatic rings. The van der Waals surface area contributed by atoms with Crippen LogP contribution in [0.5, 0.6) is 11.5 Å². The molecule has 1 amide bonds. The fraction of sp³-hybridized carbons (Fsp3) is 0.462. The first-order valence-corrected chi connectivity index (χ1v) is 6.05. The number of carbonyl (C=O) groups is 1. The van der Waals surface area contributed by atoms with Crippen LogP contribution in [0.1, 0.15) is 18.4 Å². The highest BCUT2D eigenvalue weighted by Gasteiger charge is 2.19. The minimum Gasteiger partial charge on any atom is -0.508 e. The van der Waals surface area contributed by atoms with Crippen molar-refractivity contribution < 1.29 is 14.6 Å². The Bertz CT molecular complexity index is 434. The summed E-state index contributed by atoms with van der Waals surface area (Å²) in [4.78, 5) is 11.0. The van der Waals surface area contributed by atoms with E-state index in [1.165, 1.54) is 0 Å². The summed E-state index contributed by atoms with van der Waals surface area (Å²) in [7, 11) is 1.59. The lowest BCUT2D eigenvalue weighted by molar-refractivity contribution is -0.119. The van der Waals surface area contributed by atoms with Gasteiger partial charge in [-0.05, 0) is 24.6 Å². The van der Waals surface area contributed by atoms with E-state index in [1.54, 1.807) is 25.3 Å². The molecule has 1 saturated heterocycles. The smallest absolute Gasteiger partial charge is 0.220 e. The molecule has 3 N–H and O–H groups in total. The number of ether oxygens (including phenoxy) is 1. The molecule has 1 aromatic carbocycles. The number of carbonyl (C=O) groups excluding carboxylic acids is 1. The van der Waals surface area contributed by atoms with Gasteiger partial charge in [0.1, 0.15) is 11.5 Å². The predicted molar refractivity (Wildman–Crippen MR) is 67.5 cm³/mol. The number of phenolic OH excluding ortho intramolecular Hbond substituents is 1. The SMILES string of the molecule is COc1ccc(O)c(CNCC2CCC(=O)N2)c1. The molecule has 0 bridgehead atoms. The lowest BCUT2D eigenvalue weighted by atomic mass is 10.1. The molecule has 5 heteroatoms. The van der Waals surface area contributed by atoms with Crippen LogP contribution in [0.3, 0.4) is 0 Å². The van der Waals surface area contributed by atoms with E-state index < -0.39 is 0 Å². The number of rotatable bonds is 5. The molecule has 1 unspecified atom stereocenters. The Morgan fingerprint density at radius 2 is 2.39 bits per heavy atom. The van der Waals surface area contributed by atoms with Gasteiger partial charge in [0.25, 0.3) is 0 Å². The first-order valence-electron chi connectivity index (χ1n) is 6.05. The maximum absolute atomic E-state index is 11.0. The first kappa shape index (κ1) is 12.7. The molecular formula is C13H18N2O3. The molecule has 0 aliphatic carbocycles. The van der Waals surface area contributed by atoms with E-state index in [1.807, 2.05) is 0 Å². The van der Waals surface area contributed by atoms with Crippen molar-refractivity contribution in [2.75, 3.05) is 13.7 Å². The summed E-state index contributed by atoms with van der Waals surface area (Å²) in [6.07, 6.45) is 1.48. The number of hydrogen-bond donors (Lipinski definition) is 3. The van der Waals surface area contributed by atoms with Crippen LogP contribution in [0, 0.1) is 0 Å². The Kier molecular flexibility index (Phi) is 4.04. The Hall–Kier alpha value is -1.75. The predicted octanol–water partition coefficient (Wildman–Crippen LogP) is 0.769. The maximum atomic E-state index is 11.0. The summed E-state index contributed by atoms with van der Waals surface area (Å²) < 4.78 is 5.11. The topological polar surface area (TPSA) is 70.6 Å². The Morgan fingerprint density at radius 3 is 3.06 bits per heavy atom. The molecule has 1 fully saturated rings. The van der Waals surface area contributed by atoms with Gasteiger partial charge in [0.2, 0.25) is 5.91 Å². The minimum absolute atomic E-state index is 0.117. The van der Waals surface area contributed by atoms with Crippen LogP contribution in [0.2, 0.25) is 0 Å². The minimum atomic E-state index is 0.117. The van der Waals surface area contributed by atoms with E-state index in [-0.39, 0.29) is 17.7 Å². The van der Waals surface area contributed by atoms with Gasteiger partial charge >= 0.3 is 0 Å². The molecule has 5 nitrogen and oxygen atoms in total. The highest BCUT2D eigenvalue weighted by Crippen LogP contribution is 2.22. The van der Waals surface area contributed by atoms with Crippen molar-refractivity contribution in [1.29, 1.82) is 0 Å². The summed E-state index contributed by atoms with van der Waals surface area (Å²) in [5, 5.41) is 15.8. The molecule has 2 rings (SSSR count). The fourth-order valence-corrected chi connectivity index (χ4v) is 2.04. The molecule has 0 radical (unpaired) electrons. The maximum Gasteiger partial charge on any atom is 0.220 e. The monoisotopic (exact) mass is 250 g/mol. The lowest BCUT2D eigenvalue weighted by Gasteiger charge is -2.12. The van der Waals surface area contributed by atoms with Gasteiger partial charge in [0.15, 0.2) is 0 Å². The third-order valence-electron chi connectivity index (χ3n) is 3.08. The van der Waals surface area contributed by atoms with E-state index in [9.17, 15) is 9.90 Å². The van der Waals surface area contributed by atoms with Crippen molar-refractivity contribution in [2.45, 2.75) is 25.4 Å². The molecule has 98 valence electrons. The molecule has 18 heavy (non-hydrogen) atoms. The van der Waals surface area contributed by atoms with E-state index in [0.29, 0.717) is 19.5 Å². The average Bonchev–Trinajstić information content (AvgIpc) is 2.77. The summed E-state index contributed by atoms with van der Waals surface area (Å²) in [6, 6.07) is 5.34.